The molecule has 0 aliphatic rings. The van der Waals surface area contributed by atoms with Gasteiger partial charge < -0.3 is 4.74 Å². The quantitative estimate of drug-likeness (QED) is 0.516. The molecule has 1 nitrogen and oxygen atoms in total. The molecule has 0 atom stereocenters. The fourth-order valence-corrected chi connectivity index (χ4v) is 2.46. The maximum atomic E-state index is 5.87. The molecule has 2 rings (SSSR count). The summed E-state index contributed by atoms with van der Waals surface area (Å²) in [6.07, 6.45) is 9.11. The Hall–Kier alpha value is -2.02. The van der Waals surface area contributed by atoms with Crippen molar-refractivity contribution in [1.82, 2.24) is 0 Å². The van der Waals surface area contributed by atoms with Crippen LogP contribution in [0, 0.1) is 0 Å². The van der Waals surface area contributed by atoms with E-state index in [1.807, 2.05) is 13.0 Å². The SMILES string of the molecule is C/C=C\c1ccc(-c2cccc(OCCCCCC)c2)cc1. The lowest BCUT2D eigenvalue weighted by Crippen LogP contribution is -1.97. The molecule has 116 valence electrons. The van der Waals surface area contributed by atoms with E-state index in [0.29, 0.717) is 0 Å². The molecular formula is C21H26O. The fraction of sp³-hybridized carbons (Fsp3) is 0.333. The number of rotatable bonds is 8. The van der Waals surface area contributed by atoms with Crippen LogP contribution in [0.3, 0.4) is 0 Å². The molecule has 0 amide bonds. The Morgan fingerprint density at radius 1 is 0.909 bits per heavy atom. The van der Waals surface area contributed by atoms with Crippen molar-refractivity contribution in [2.45, 2.75) is 39.5 Å². The lowest BCUT2D eigenvalue weighted by atomic mass is 10.0. The van der Waals surface area contributed by atoms with Crippen molar-refractivity contribution in [3.8, 4) is 16.9 Å². The van der Waals surface area contributed by atoms with Crippen LogP contribution in [0.2, 0.25) is 0 Å². The topological polar surface area (TPSA) is 9.23 Å². The number of allylic oxidation sites excluding steroid dienone is 1. The van der Waals surface area contributed by atoms with Crippen molar-refractivity contribution in [2.75, 3.05) is 6.61 Å². The summed E-state index contributed by atoms with van der Waals surface area (Å²) in [5, 5.41) is 0. The van der Waals surface area contributed by atoms with Crippen molar-refractivity contribution in [1.29, 1.82) is 0 Å². The van der Waals surface area contributed by atoms with Gasteiger partial charge in [0.1, 0.15) is 5.75 Å². The van der Waals surface area contributed by atoms with Gasteiger partial charge in [-0.25, -0.2) is 0 Å². The Kier molecular flexibility index (Phi) is 6.76. The zero-order valence-corrected chi connectivity index (χ0v) is 13.7. The number of unbranched alkanes of at least 4 members (excludes halogenated alkanes) is 3. The van der Waals surface area contributed by atoms with Gasteiger partial charge in [-0.15, -0.1) is 0 Å². The highest BCUT2D eigenvalue weighted by Crippen LogP contribution is 2.24. The van der Waals surface area contributed by atoms with Crippen LogP contribution in [0.4, 0.5) is 0 Å². The Morgan fingerprint density at radius 3 is 2.45 bits per heavy atom. The third kappa shape index (κ3) is 5.07. The summed E-state index contributed by atoms with van der Waals surface area (Å²) in [5.41, 5.74) is 3.66. The Bertz CT molecular complexity index is 581. The van der Waals surface area contributed by atoms with Gasteiger partial charge in [-0.3, -0.25) is 0 Å². The van der Waals surface area contributed by atoms with Crippen molar-refractivity contribution >= 4 is 6.08 Å². The van der Waals surface area contributed by atoms with Gasteiger partial charge in [-0.05, 0) is 42.2 Å². The highest BCUT2D eigenvalue weighted by atomic mass is 16.5. The van der Waals surface area contributed by atoms with Crippen LogP contribution in [0.1, 0.15) is 45.1 Å². The summed E-state index contributed by atoms with van der Waals surface area (Å²) in [7, 11) is 0. The van der Waals surface area contributed by atoms with Crippen LogP contribution < -0.4 is 4.74 Å². The molecule has 0 fully saturated rings. The molecule has 1 heteroatoms. The molecule has 0 saturated carbocycles. The van der Waals surface area contributed by atoms with E-state index in [9.17, 15) is 0 Å². The largest absolute Gasteiger partial charge is 0.494 e. The van der Waals surface area contributed by atoms with Gasteiger partial charge in [-0.2, -0.15) is 0 Å². The van der Waals surface area contributed by atoms with E-state index in [1.54, 1.807) is 0 Å². The molecule has 0 N–H and O–H groups in total. The standard InChI is InChI=1S/C21H26O/c1-3-5-6-7-16-22-21-11-8-10-20(17-21)19-14-12-18(9-4-2)13-15-19/h4,8-15,17H,3,5-7,16H2,1-2H3/b9-4-. The van der Waals surface area contributed by atoms with Crippen LogP contribution in [-0.4, -0.2) is 6.61 Å². The summed E-state index contributed by atoms with van der Waals surface area (Å²) in [5.74, 6) is 0.964. The Morgan fingerprint density at radius 2 is 1.73 bits per heavy atom. The summed E-state index contributed by atoms with van der Waals surface area (Å²) in [6.45, 7) is 5.07. The molecule has 0 bridgehead atoms. The van der Waals surface area contributed by atoms with Gasteiger partial charge in [0, 0.05) is 0 Å². The van der Waals surface area contributed by atoms with Gasteiger partial charge in [0.2, 0.25) is 0 Å². The van der Waals surface area contributed by atoms with E-state index in [2.05, 4.69) is 61.5 Å². The summed E-state index contributed by atoms with van der Waals surface area (Å²) < 4.78 is 5.87. The second kappa shape index (κ2) is 9.09. The molecule has 22 heavy (non-hydrogen) atoms. The normalized spacial score (nSPS) is 11.0. The molecule has 0 aliphatic heterocycles. The van der Waals surface area contributed by atoms with Crippen LogP contribution >= 0.6 is 0 Å². The maximum Gasteiger partial charge on any atom is 0.119 e. The van der Waals surface area contributed by atoms with E-state index in [1.165, 1.54) is 36.0 Å². The molecule has 0 spiro atoms. The first kappa shape index (κ1) is 16.4. The molecule has 0 aromatic heterocycles. The van der Waals surface area contributed by atoms with E-state index >= 15 is 0 Å². The van der Waals surface area contributed by atoms with Crippen molar-refractivity contribution < 1.29 is 4.74 Å². The van der Waals surface area contributed by atoms with Gasteiger partial charge in [0.05, 0.1) is 6.61 Å². The van der Waals surface area contributed by atoms with Crippen LogP contribution in [0.25, 0.3) is 17.2 Å². The maximum absolute atomic E-state index is 5.87. The predicted octanol–water partition coefficient (Wildman–Crippen LogP) is 6.35. The van der Waals surface area contributed by atoms with Crippen LogP contribution in [0.5, 0.6) is 5.75 Å². The molecule has 0 radical (unpaired) electrons. The average molecular weight is 294 g/mol. The van der Waals surface area contributed by atoms with Gasteiger partial charge >= 0.3 is 0 Å². The Balaban J connectivity index is 1.98. The third-order valence-electron chi connectivity index (χ3n) is 3.70. The van der Waals surface area contributed by atoms with E-state index in [4.69, 9.17) is 4.74 Å². The minimum Gasteiger partial charge on any atom is -0.494 e. The molecule has 0 aliphatic carbocycles. The fourth-order valence-electron chi connectivity index (χ4n) is 2.46. The highest BCUT2D eigenvalue weighted by molar-refractivity contribution is 5.67. The minimum atomic E-state index is 0.809. The monoisotopic (exact) mass is 294 g/mol. The first-order valence-electron chi connectivity index (χ1n) is 8.29. The van der Waals surface area contributed by atoms with Crippen molar-refractivity contribution in [3.05, 3.63) is 60.2 Å². The molecular weight excluding hydrogens is 268 g/mol. The third-order valence-corrected chi connectivity index (χ3v) is 3.70. The summed E-state index contributed by atoms with van der Waals surface area (Å²) in [4.78, 5) is 0. The number of ether oxygens (including phenoxy) is 1. The summed E-state index contributed by atoms with van der Waals surface area (Å²) >= 11 is 0. The lowest BCUT2D eigenvalue weighted by Gasteiger charge is -2.08. The first-order valence-corrected chi connectivity index (χ1v) is 8.29. The molecule has 2 aromatic carbocycles. The van der Waals surface area contributed by atoms with Gasteiger partial charge in [-0.1, -0.05) is 74.7 Å². The summed E-state index contributed by atoms with van der Waals surface area (Å²) in [6, 6.07) is 17.0. The molecule has 0 unspecified atom stereocenters. The molecule has 0 heterocycles. The zero-order chi connectivity index (χ0) is 15.6. The average Bonchev–Trinajstić information content (AvgIpc) is 2.56. The zero-order valence-electron chi connectivity index (χ0n) is 13.7. The molecule has 2 aromatic rings. The van der Waals surface area contributed by atoms with Gasteiger partial charge in [0.15, 0.2) is 0 Å². The lowest BCUT2D eigenvalue weighted by molar-refractivity contribution is 0.305. The number of hydrogen-bond acceptors (Lipinski definition) is 1. The van der Waals surface area contributed by atoms with E-state index < -0.39 is 0 Å². The van der Waals surface area contributed by atoms with E-state index in [0.717, 1.165) is 18.8 Å². The second-order valence-corrected chi connectivity index (χ2v) is 5.56. The Labute approximate surface area is 134 Å². The van der Waals surface area contributed by atoms with Crippen molar-refractivity contribution in [3.63, 3.8) is 0 Å². The minimum absolute atomic E-state index is 0.809. The van der Waals surface area contributed by atoms with Crippen LogP contribution in [-0.2, 0) is 0 Å². The van der Waals surface area contributed by atoms with Crippen molar-refractivity contribution in [2.24, 2.45) is 0 Å². The van der Waals surface area contributed by atoms with E-state index in [-0.39, 0.29) is 0 Å². The number of benzene rings is 2. The highest BCUT2D eigenvalue weighted by Gasteiger charge is 2.00. The predicted molar refractivity (Wildman–Crippen MR) is 96.2 cm³/mol. The first-order chi connectivity index (χ1) is 10.8. The smallest absolute Gasteiger partial charge is 0.119 e. The number of hydrogen-bond donors (Lipinski definition) is 0. The van der Waals surface area contributed by atoms with Gasteiger partial charge in [0.25, 0.3) is 0 Å². The molecule has 0 saturated heterocycles. The van der Waals surface area contributed by atoms with Crippen LogP contribution in [0.15, 0.2) is 54.6 Å². The second-order valence-electron chi connectivity index (χ2n) is 5.56.